The predicted molar refractivity (Wildman–Crippen MR) is 74.7 cm³/mol. The van der Waals surface area contributed by atoms with E-state index in [9.17, 15) is 24.8 Å². The topological polar surface area (TPSA) is 131 Å². The Morgan fingerprint density at radius 1 is 1.09 bits per heavy atom. The lowest BCUT2D eigenvalue weighted by Crippen LogP contribution is -2.27. The molecule has 0 fully saturated rings. The molecule has 0 radical (unpaired) electrons. The number of aromatic carboxylic acids is 1. The number of fused-ring (bicyclic) bond motifs is 1. The molecule has 9 heteroatoms. The maximum atomic E-state index is 12.6. The zero-order valence-electron chi connectivity index (χ0n) is 11.4. The third kappa shape index (κ3) is 2.29. The number of carboxylic acids is 1. The van der Waals surface area contributed by atoms with E-state index in [1.165, 1.54) is 6.07 Å². The molecule has 1 aromatic heterocycles. The molecule has 114 valence electrons. The van der Waals surface area contributed by atoms with Gasteiger partial charge in [-0.05, 0) is 12.1 Å². The molecule has 0 amide bonds. The van der Waals surface area contributed by atoms with Gasteiger partial charge >= 0.3 is 0 Å². The van der Waals surface area contributed by atoms with E-state index in [4.69, 9.17) is 0 Å². The Balaban J connectivity index is 2.27. The van der Waals surface area contributed by atoms with Crippen molar-refractivity contribution < 1.29 is 19.6 Å². The van der Waals surface area contributed by atoms with Crippen LogP contribution in [-0.4, -0.2) is 31.8 Å². The second kappa shape index (κ2) is 5.30. The molecule has 0 N–H and O–H groups in total. The lowest BCUT2D eigenvalue weighted by molar-refractivity contribution is -0.385. The van der Waals surface area contributed by atoms with Gasteiger partial charge in [-0.1, -0.05) is 29.5 Å². The van der Waals surface area contributed by atoms with E-state index >= 15 is 0 Å². The number of nitro groups is 1. The third-order valence-corrected chi connectivity index (χ3v) is 3.22. The molecule has 0 aliphatic rings. The Labute approximate surface area is 127 Å². The first-order chi connectivity index (χ1) is 11.0. The lowest BCUT2D eigenvalue weighted by Gasteiger charge is -2.09. The minimum atomic E-state index is -1.69. The Kier molecular flexibility index (Phi) is 3.30. The summed E-state index contributed by atoms with van der Waals surface area (Å²) in [5, 5.41) is 29.8. The van der Waals surface area contributed by atoms with Crippen molar-refractivity contribution in [3.8, 4) is 0 Å². The van der Waals surface area contributed by atoms with Crippen LogP contribution in [0.3, 0.4) is 0 Å². The summed E-state index contributed by atoms with van der Waals surface area (Å²) in [5.41, 5.74) is -1.12. The first-order valence-corrected chi connectivity index (χ1v) is 6.34. The molecule has 3 aromatic rings. The second-order valence-electron chi connectivity index (χ2n) is 4.54. The van der Waals surface area contributed by atoms with Crippen molar-refractivity contribution in [2.24, 2.45) is 0 Å². The van der Waals surface area contributed by atoms with Gasteiger partial charge in [-0.3, -0.25) is 14.9 Å². The van der Waals surface area contributed by atoms with Crippen molar-refractivity contribution in [3.05, 3.63) is 63.7 Å². The van der Waals surface area contributed by atoms with Crippen LogP contribution in [0.4, 0.5) is 5.69 Å². The summed E-state index contributed by atoms with van der Waals surface area (Å²) in [7, 11) is 0. The van der Waals surface area contributed by atoms with Gasteiger partial charge in [0.25, 0.3) is 11.6 Å². The number of nitrogens with zero attached hydrogens (tertiary/aromatic N) is 4. The molecule has 0 spiro atoms. The van der Waals surface area contributed by atoms with E-state index in [0.717, 1.165) is 16.8 Å². The Morgan fingerprint density at radius 3 is 2.52 bits per heavy atom. The molecule has 0 saturated heterocycles. The highest BCUT2D eigenvalue weighted by Crippen LogP contribution is 2.24. The number of carbonyl (C=O) groups is 2. The van der Waals surface area contributed by atoms with Gasteiger partial charge in [0, 0.05) is 11.6 Å². The number of rotatable bonds is 3. The monoisotopic (exact) mass is 311 g/mol. The molecule has 0 aliphatic heterocycles. The van der Waals surface area contributed by atoms with Crippen LogP contribution >= 0.6 is 0 Å². The molecule has 0 saturated carbocycles. The Hall–Kier alpha value is -3.62. The number of para-hydroxylation sites is 1. The van der Waals surface area contributed by atoms with Crippen molar-refractivity contribution in [1.29, 1.82) is 0 Å². The molecule has 0 bridgehead atoms. The van der Waals surface area contributed by atoms with Crippen molar-refractivity contribution >= 4 is 28.6 Å². The van der Waals surface area contributed by atoms with Gasteiger partial charge < -0.3 is 9.90 Å². The van der Waals surface area contributed by atoms with Crippen LogP contribution in [0.1, 0.15) is 20.7 Å². The highest BCUT2D eigenvalue weighted by molar-refractivity contribution is 6.09. The molecule has 1 heterocycles. The number of hydrogen-bond acceptors (Lipinski definition) is 7. The van der Waals surface area contributed by atoms with Crippen LogP contribution in [0.15, 0.2) is 42.5 Å². The van der Waals surface area contributed by atoms with E-state index in [1.54, 1.807) is 24.3 Å². The predicted octanol–water partition coefficient (Wildman–Crippen LogP) is 0.391. The van der Waals surface area contributed by atoms with Crippen molar-refractivity contribution in [1.82, 2.24) is 15.0 Å². The van der Waals surface area contributed by atoms with Crippen LogP contribution in [0, 0.1) is 10.1 Å². The summed E-state index contributed by atoms with van der Waals surface area (Å²) >= 11 is 0. The first-order valence-electron chi connectivity index (χ1n) is 6.34. The minimum absolute atomic E-state index is 0.306. The van der Waals surface area contributed by atoms with Crippen LogP contribution in [0.25, 0.3) is 11.0 Å². The molecule has 0 unspecified atom stereocenters. The van der Waals surface area contributed by atoms with Gasteiger partial charge in [-0.15, -0.1) is 5.10 Å². The van der Waals surface area contributed by atoms with Crippen LogP contribution in [0.5, 0.6) is 0 Å². The summed E-state index contributed by atoms with van der Waals surface area (Å²) in [6.07, 6.45) is 0. The van der Waals surface area contributed by atoms with Crippen LogP contribution in [-0.2, 0) is 0 Å². The smallest absolute Gasteiger partial charge is 0.287 e. The Bertz CT molecular complexity index is 930. The molecule has 23 heavy (non-hydrogen) atoms. The number of hydrogen-bond donors (Lipinski definition) is 0. The Morgan fingerprint density at radius 2 is 1.83 bits per heavy atom. The molecule has 2 aromatic carbocycles. The van der Waals surface area contributed by atoms with Gasteiger partial charge in [0.15, 0.2) is 0 Å². The lowest BCUT2D eigenvalue weighted by atomic mass is 10.0. The van der Waals surface area contributed by atoms with Crippen LogP contribution in [0.2, 0.25) is 0 Å². The summed E-state index contributed by atoms with van der Waals surface area (Å²) in [6, 6.07) is 9.73. The summed E-state index contributed by atoms with van der Waals surface area (Å²) in [5.74, 6) is -2.66. The fourth-order valence-corrected chi connectivity index (χ4v) is 2.21. The minimum Gasteiger partial charge on any atom is -0.545 e. The average molecular weight is 311 g/mol. The van der Waals surface area contributed by atoms with Gasteiger partial charge in [-0.25, -0.2) is 0 Å². The highest BCUT2D eigenvalue weighted by atomic mass is 16.6. The highest BCUT2D eigenvalue weighted by Gasteiger charge is 2.27. The van der Waals surface area contributed by atoms with Gasteiger partial charge in [0.2, 0.25) is 0 Å². The molecular weight excluding hydrogens is 304 g/mol. The number of carboxylic acid groups (broad SMARTS) is 1. The summed E-state index contributed by atoms with van der Waals surface area (Å²) in [4.78, 5) is 34.1. The second-order valence-corrected chi connectivity index (χ2v) is 4.54. The van der Waals surface area contributed by atoms with Gasteiger partial charge in [0.05, 0.1) is 16.4 Å². The van der Waals surface area contributed by atoms with E-state index in [1.807, 2.05) is 0 Å². The molecule has 9 nitrogen and oxygen atoms in total. The fraction of sp³-hybridized carbons (Fsp3) is 0. The summed E-state index contributed by atoms with van der Waals surface area (Å²) in [6.45, 7) is 0. The zero-order valence-corrected chi connectivity index (χ0v) is 11.4. The van der Waals surface area contributed by atoms with E-state index < -0.39 is 33.6 Å². The van der Waals surface area contributed by atoms with Gasteiger partial charge in [0.1, 0.15) is 11.1 Å². The normalized spacial score (nSPS) is 10.6. The van der Waals surface area contributed by atoms with E-state index in [0.29, 0.717) is 11.0 Å². The zero-order chi connectivity index (χ0) is 16.6. The SMILES string of the molecule is O=C([O-])c1cccc([N+](=O)[O-])c1C(=O)n1nnc2ccccc21. The number of aromatic nitrogens is 3. The van der Waals surface area contributed by atoms with Gasteiger partial charge in [-0.2, -0.15) is 4.68 Å². The molecule has 3 rings (SSSR count). The molecule has 0 atom stereocenters. The number of nitro benzene ring substituents is 1. The van der Waals surface area contributed by atoms with Crippen molar-refractivity contribution in [2.75, 3.05) is 0 Å². The third-order valence-electron chi connectivity index (χ3n) is 3.22. The summed E-state index contributed by atoms with van der Waals surface area (Å²) < 4.78 is 0.824. The quantitative estimate of drug-likeness (QED) is 0.505. The molecule has 0 aliphatic carbocycles. The standard InChI is InChI=1S/C14H8N4O5/c19-13(17-10-6-2-1-5-9(10)15-16-17)12-8(14(20)21)4-3-7-11(12)18(22)23/h1-7H,(H,20,21)/p-1. The number of carbonyl (C=O) groups excluding carboxylic acids is 2. The maximum absolute atomic E-state index is 12.6. The van der Waals surface area contributed by atoms with Crippen LogP contribution < -0.4 is 5.11 Å². The van der Waals surface area contributed by atoms with Crippen molar-refractivity contribution in [2.45, 2.75) is 0 Å². The van der Waals surface area contributed by atoms with E-state index in [2.05, 4.69) is 10.3 Å². The average Bonchev–Trinajstić information content (AvgIpc) is 2.97. The molecular formula is C14H7N4O5-. The largest absolute Gasteiger partial charge is 0.545 e. The first kappa shape index (κ1) is 14.3. The maximum Gasteiger partial charge on any atom is 0.287 e. The van der Waals surface area contributed by atoms with Crippen molar-refractivity contribution in [3.63, 3.8) is 0 Å². The van der Waals surface area contributed by atoms with E-state index in [-0.39, 0.29) is 0 Å². The fourth-order valence-electron chi connectivity index (χ4n) is 2.21. The number of benzene rings is 2.